The van der Waals surface area contributed by atoms with Crippen LogP contribution in [0.25, 0.3) is 10.9 Å². The minimum atomic E-state index is -0.208. The van der Waals surface area contributed by atoms with Gasteiger partial charge in [0.25, 0.3) is 5.91 Å². The molecule has 0 aliphatic carbocycles. The van der Waals surface area contributed by atoms with Crippen molar-refractivity contribution in [1.29, 1.82) is 0 Å². The maximum absolute atomic E-state index is 12.6. The Morgan fingerprint density at radius 3 is 2.56 bits per heavy atom. The van der Waals surface area contributed by atoms with Gasteiger partial charge in [0.1, 0.15) is 0 Å². The number of carbonyl (C=O) groups is 1. The van der Waals surface area contributed by atoms with Crippen LogP contribution in [0.5, 0.6) is 0 Å². The van der Waals surface area contributed by atoms with Gasteiger partial charge in [0.15, 0.2) is 0 Å². The van der Waals surface area contributed by atoms with Gasteiger partial charge in [-0.25, -0.2) is 5.43 Å². The molecule has 0 fully saturated rings. The predicted molar refractivity (Wildman–Crippen MR) is 102 cm³/mol. The molecule has 0 aliphatic heterocycles. The molecular weight excluding hydrogens is 310 g/mol. The van der Waals surface area contributed by atoms with Gasteiger partial charge in [-0.1, -0.05) is 55.5 Å². The second kappa shape index (κ2) is 7.71. The highest BCUT2D eigenvalue weighted by Gasteiger charge is 2.12. The van der Waals surface area contributed by atoms with Crippen LogP contribution >= 0.6 is 0 Å². The number of fused-ring (bicyclic) bond motifs is 1. The van der Waals surface area contributed by atoms with E-state index in [9.17, 15) is 4.79 Å². The molecule has 25 heavy (non-hydrogen) atoms. The van der Waals surface area contributed by atoms with Gasteiger partial charge in [0.2, 0.25) is 0 Å². The van der Waals surface area contributed by atoms with Crippen molar-refractivity contribution in [3.63, 3.8) is 0 Å². The van der Waals surface area contributed by atoms with Crippen molar-refractivity contribution in [3.8, 4) is 0 Å². The number of nitrogens with zero attached hydrogens (tertiary/aromatic N) is 2. The predicted octanol–water partition coefficient (Wildman–Crippen LogP) is 4.15. The van der Waals surface area contributed by atoms with Crippen molar-refractivity contribution >= 4 is 22.5 Å². The Labute approximate surface area is 147 Å². The molecule has 0 saturated carbocycles. The number of aromatic nitrogens is 1. The first kappa shape index (κ1) is 16.8. The van der Waals surface area contributed by atoms with E-state index < -0.39 is 0 Å². The summed E-state index contributed by atoms with van der Waals surface area (Å²) < 4.78 is 0. The molecule has 1 aromatic heterocycles. The second-order valence-electron chi connectivity index (χ2n) is 5.98. The molecule has 3 rings (SSSR count). The summed E-state index contributed by atoms with van der Waals surface area (Å²) in [4.78, 5) is 17.2. The van der Waals surface area contributed by atoms with Gasteiger partial charge in [-0.05, 0) is 31.0 Å². The normalized spacial score (nSPS) is 11.5. The third-order valence-corrected chi connectivity index (χ3v) is 4.03. The molecular formula is C21H21N3O. The van der Waals surface area contributed by atoms with Gasteiger partial charge in [-0.15, -0.1) is 0 Å². The summed E-state index contributed by atoms with van der Waals surface area (Å²) >= 11 is 0. The summed E-state index contributed by atoms with van der Waals surface area (Å²) in [6.07, 6.45) is 1.49. The molecule has 1 amide bonds. The lowest BCUT2D eigenvalue weighted by Crippen LogP contribution is -2.20. The lowest BCUT2D eigenvalue weighted by atomic mass is 10.1. The van der Waals surface area contributed by atoms with E-state index in [1.54, 1.807) is 0 Å². The molecule has 2 aromatic carbocycles. The van der Waals surface area contributed by atoms with E-state index in [0.717, 1.165) is 28.7 Å². The molecule has 1 N–H and O–H groups in total. The lowest BCUT2D eigenvalue weighted by molar-refractivity contribution is 0.0956. The van der Waals surface area contributed by atoms with Gasteiger partial charge in [-0.2, -0.15) is 5.10 Å². The third kappa shape index (κ3) is 4.10. The van der Waals surface area contributed by atoms with Crippen LogP contribution in [0.1, 0.15) is 35.5 Å². The zero-order chi connectivity index (χ0) is 17.6. The minimum Gasteiger partial charge on any atom is -0.267 e. The van der Waals surface area contributed by atoms with Crippen molar-refractivity contribution in [2.45, 2.75) is 26.7 Å². The average Bonchev–Trinajstić information content (AvgIpc) is 2.66. The van der Waals surface area contributed by atoms with E-state index in [0.29, 0.717) is 12.0 Å². The number of aryl methyl sites for hydroxylation is 1. The van der Waals surface area contributed by atoms with Crippen LogP contribution in [-0.2, 0) is 12.8 Å². The summed E-state index contributed by atoms with van der Waals surface area (Å²) in [5, 5.41) is 5.10. The number of benzene rings is 2. The van der Waals surface area contributed by atoms with Gasteiger partial charge in [0.05, 0.1) is 11.1 Å². The fourth-order valence-corrected chi connectivity index (χ4v) is 2.74. The van der Waals surface area contributed by atoms with Crippen LogP contribution in [0, 0.1) is 0 Å². The fraction of sp³-hybridized carbons (Fsp3) is 0.190. The number of pyridine rings is 1. The van der Waals surface area contributed by atoms with Crippen LogP contribution in [0.3, 0.4) is 0 Å². The van der Waals surface area contributed by atoms with Crippen molar-refractivity contribution in [3.05, 3.63) is 77.5 Å². The molecule has 0 unspecified atom stereocenters. The number of hydrogen-bond donors (Lipinski definition) is 1. The Hall–Kier alpha value is -3.01. The minimum absolute atomic E-state index is 0.208. The molecule has 126 valence electrons. The second-order valence-corrected chi connectivity index (χ2v) is 5.98. The maximum atomic E-state index is 12.6. The lowest BCUT2D eigenvalue weighted by Gasteiger charge is -2.08. The van der Waals surface area contributed by atoms with Crippen molar-refractivity contribution in [2.24, 2.45) is 5.10 Å². The molecule has 0 bridgehead atoms. The van der Waals surface area contributed by atoms with Crippen LogP contribution in [-0.4, -0.2) is 16.6 Å². The smallest absolute Gasteiger partial charge is 0.267 e. The van der Waals surface area contributed by atoms with Gasteiger partial charge < -0.3 is 0 Å². The van der Waals surface area contributed by atoms with E-state index in [1.165, 1.54) is 5.56 Å². The van der Waals surface area contributed by atoms with Crippen LogP contribution in [0.4, 0.5) is 0 Å². The van der Waals surface area contributed by atoms with E-state index >= 15 is 0 Å². The first-order valence-electron chi connectivity index (χ1n) is 8.43. The van der Waals surface area contributed by atoms with Crippen molar-refractivity contribution in [2.75, 3.05) is 0 Å². The quantitative estimate of drug-likeness (QED) is 0.564. The SMILES string of the molecule is CCc1cc(C(=O)N/N=C(\C)Cc2ccccc2)c2ccccc2n1. The zero-order valence-corrected chi connectivity index (χ0v) is 14.5. The molecule has 0 atom stereocenters. The van der Waals surface area contributed by atoms with Gasteiger partial charge in [0, 0.05) is 23.2 Å². The summed E-state index contributed by atoms with van der Waals surface area (Å²) in [6, 6.07) is 19.6. The van der Waals surface area contributed by atoms with Crippen LogP contribution < -0.4 is 5.43 Å². The zero-order valence-electron chi connectivity index (χ0n) is 14.5. The van der Waals surface area contributed by atoms with Crippen molar-refractivity contribution < 1.29 is 4.79 Å². The fourth-order valence-electron chi connectivity index (χ4n) is 2.74. The molecule has 4 heteroatoms. The summed E-state index contributed by atoms with van der Waals surface area (Å²) in [5.41, 5.74) is 7.04. The molecule has 3 aromatic rings. The van der Waals surface area contributed by atoms with E-state index in [1.807, 2.05) is 74.5 Å². The van der Waals surface area contributed by atoms with Crippen LogP contribution in [0.2, 0.25) is 0 Å². The third-order valence-electron chi connectivity index (χ3n) is 4.03. The van der Waals surface area contributed by atoms with Crippen LogP contribution in [0.15, 0.2) is 65.8 Å². The van der Waals surface area contributed by atoms with Crippen molar-refractivity contribution in [1.82, 2.24) is 10.4 Å². The topological polar surface area (TPSA) is 54.4 Å². The van der Waals surface area contributed by atoms with E-state index in [-0.39, 0.29) is 5.91 Å². The summed E-state index contributed by atoms with van der Waals surface area (Å²) in [7, 11) is 0. The van der Waals surface area contributed by atoms with E-state index in [4.69, 9.17) is 0 Å². The monoisotopic (exact) mass is 331 g/mol. The molecule has 0 saturated heterocycles. The number of rotatable bonds is 5. The Bertz CT molecular complexity index is 917. The molecule has 1 heterocycles. The maximum Gasteiger partial charge on any atom is 0.272 e. The Morgan fingerprint density at radius 2 is 1.80 bits per heavy atom. The largest absolute Gasteiger partial charge is 0.272 e. The molecule has 4 nitrogen and oxygen atoms in total. The standard InChI is InChI=1S/C21H21N3O/c1-3-17-14-19(18-11-7-8-12-20(18)22-17)21(25)24-23-15(2)13-16-9-5-4-6-10-16/h4-12,14H,3,13H2,1-2H3,(H,24,25)/b23-15+. The number of carbonyl (C=O) groups excluding carboxylic acids is 1. The van der Waals surface area contributed by atoms with Gasteiger partial charge >= 0.3 is 0 Å². The number of hydrazone groups is 1. The summed E-state index contributed by atoms with van der Waals surface area (Å²) in [5.74, 6) is -0.208. The average molecular weight is 331 g/mol. The summed E-state index contributed by atoms with van der Waals surface area (Å²) in [6.45, 7) is 3.94. The van der Waals surface area contributed by atoms with E-state index in [2.05, 4.69) is 15.5 Å². The highest BCUT2D eigenvalue weighted by Crippen LogP contribution is 2.18. The molecule has 0 aliphatic rings. The molecule has 0 radical (unpaired) electrons. The molecule has 0 spiro atoms. The Morgan fingerprint density at radius 1 is 1.08 bits per heavy atom. The first-order chi connectivity index (χ1) is 12.2. The Balaban J connectivity index is 1.81. The number of hydrogen-bond acceptors (Lipinski definition) is 3. The highest BCUT2D eigenvalue weighted by atomic mass is 16.2. The number of nitrogens with one attached hydrogen (secondary N) is 1. The number of amides is 1. The highest BCUT2D eigenvalue weighted by molar-refractivity contribution is 6.06. The Kier molecular flexibility index (Phi) is 5.19. The van der Waals surface area contributed by atoms with Gasteiger partial charge in [-0.3, -0.25) is 9.78 Å². The first-order valence-corrected chi connectivity index (χ1v) is 8.43. The number of para-hydroxylation sites is 1.